The van der Waals surface area contributed by atoms with Gasteiger partial charge in [-0.05, 0) is 11.5 Å². The second kappa shape index (κ2) is 5.30. The zero-order chi connectivity index (χ0) is 9.52. The zero-order valence-corrected chi connectivity index (χ0v) is 7.73. The molecule has 1 aromatic rings. The molecule has 0 bridgehead atoms. The summed E-state index contributed by atoms with van der Waals surface area (Å²) in [4.78, 5) is 10.7. The summed E-state index contributed by atoms with van der Waals surface area (Å²) >= 11 is 1.35. The smallest absolute Gasteiger partial charge is 0.234 e. The van der Waals surface area contributed by atoms with E-state index < -0.39 is 0 Å². The molecule has 1 aromatic heterocycles. The number of nitrogens with two attached hydrogens (primary N) is 1. The molecule has 1 heterocycles. The van der Waals surface area contributed by atoms with E-state index in [1.165, 1.54) is 11.5 Å². The standard InChI is InChI=1S/C8H9N3OS/c9-4-8(12)10-3-1-2-7-5-11-13-6-7/h5-6H,3-4,9H2,(H,10,12). The molecule has 0 saturated heterocycles. The molecule has 0 spiro atoms. The summed E-state index contributed by atoms with van der Waals surface area (Å²) in [5, 5.41) is 4.39. The summed E-state index contributed by atoms with van der Waals surface area (Å²) in [5.41, 5.74) is 5.95. The van der Waals surface area contributed by atoms with Gasteiger partial charge in [-0.3, -0.25) is 4.79 Å². The van der Waals surface area contributed by atoms with E-state index in [9.17, 15) is 4.79 Å². The minimum Gasteiger partial charge on any atom is -0.344 e. The lowest BCUT2D eigenvalue weighted by atomic mass is 10.4. The van der Waals surface area contributed by atoms with Crippen LogP contribution >= 0.6 is 11.5 Å². The fourth-order valence-electron chi connectivity index (χ4n) is 0.628. The number of hydrogen-bond donors (Lipinski definition) is 2. The predicted octanol–water partition coefficient (Wildman–Crippen LogP) is -0.431. The molecule has 4 nitrogen and oxygen atoms in total. The molecule has 0 aliphatic carbocycles. The minimum atomic E-state index is -0.197. The summed E-state index contributed by atoms with van der Waals surface area (Å²) in [6.45, 7) is 0.327. The molecule has 3 N–H and O–H groups in total. The molecule has 13 heavy (non-hydrogen) atoms. The van der Waals surface area contributed by atoms with E-state index in [0.717, 1.165) is 5.56 Å². The van der Waals surface area contributed by atoms with Crippen LogP contribution in [0.25, 0.3) is 0 Å². The van der Waals surface area contributed by atoms with E-state index >= 15 is 0 Å². The maximum absolute atomic E-state index is 10.7. The van der Waals surface area contributed by atoms with Gasteiger partial charge >= 0.3 is 0 Å². The van der Waals surface area contributed by atoms with Gasteiger partial charge in [0, 0.05) is 5.38 Å². The number of carbonyl (C=O) groups excluding carboxylic acids is 1. The normalized spacial score (nSPS) is 8.69. The van der Waals surface area contributed by atoms with Crippen molar-refractivity contribution in [3.8, 4) is 11.8 Å². The SMILES string of the molecule is NCC(=O)NCC#Cc1cnsc1. The molecule has 0 aromatic carbocycles. The Balaban J connectivity index is 2.30. The molecule has 0 fully saturated rings. The highest BCUT2D eigenvalue weighted by molar-refractivity contribution is 7.03. The first kappa shape index (κ1) is 9.71. The molecule has 0 saturated carbocycles. The first-order valence-corrected chi connectivity index (χ1v) is 4.51. The van der Waals surface area contributed by atoms with Crippen molar-refractivity contribution < 1.29 is 4.79 Å². The lowest BCUT2D eigenvalue weighted by molar-refractivity contribution is -0.119. The Morgan fingerprint density at radius 3 is 3.23 bits per heavy atom. The third-order valence-corrected chi connectivity index (χ3v) is 1.81. The summed E-state index contributed by atoms with van der Waals surface area (Å²) in [6.07, 6.45) is 1.68. The van der Waals surface area contributed by atoms with Crippen molar-refractivity contribution in [2.45, 2.75) is 0 Å². The Morgan fingerprint density at radius 1 is 1.77 bits per heavy atom. The summed E-state index contributed by atoms with van der Waals surface area (Å²) in [5.74, 6) is 5.43. The molecular formula is C8H9N3OS. The van der Waals surface area contributed by atoms with E-state index in [0.29, 0.717) is 6.54 Å². The third-order valence-electron chi connectivity index (χ3n) is 1.22. The molecule has 5 heteroatoms. The molecule has 1 rings (SSSR count). The van der Waals surface area contributed by atoms with Gasteiger partial charge in [0.15, 0.2) is 0 Å². The predicted molar refractivity (Wildman–Crippen MR) is 51.1 cm³/mol. The number of nitrogens with zero attached hydrogens (tertiary/aromatic N) is 1. The molecule has 0 aliphatic rings. The van der Waals surface area contributed by atoms with Gasteiger partial charge < -0.3 is 11.1 Å². The number of carbonyl (C=O) groups is 1. The van der Waals surface area contributed by atoms with Crippen molar-refractivity contribution in [3.63, 3.8) is 0 Å². The van der Waals surface area contributed by atoms with Crippen molar-refractivity contribution in [1.82, 2.24) is 9.69 Å². The Kier molecular flexibility index (Phi) is 3.96. The van der Waals surface area contributed by atoms with Gasteiger partial charge in [0.25, 0.3) is 0 Å². The van der Waals surface area contributed by atoms with Crippen molar-refractivity contribution in [1.29, 1.82) is 0 Å². The lowest BCUT2D eigenvalue weighted by Crippen LogP contribution is -2.30. The van der Waals surface area contributed by atoms with Crippen LogP contribution in [0.1, 0.15) is 5.56 Å². The highest BCUT2D eigenvalue weighted by atomic mass is 32.1. The Hall–Kier alpha value is -1.38. The van der Waals surface area contributed by atoms with Crippen LogP contribution in [0.3, 0.4) is 0 Å². The summed E-state index contributed by atoms with van der Waals surface area (Å²) in [7, 11) is 0. The zero-order valence-electron chi connectivity index (χ0n) is 6.91. The Bertz CT molecular complexity index is 323. The fraction of sp³-hybridized carbons (Fsp3) is 0.250. The molecule has 0 aliphatic heterocycles. The number of hydrogen-bond acceptors (Lipinski definition) is 4. The Labute approximate surface area is 80.3 Å². The van der Waals surface area contributed by atoms with Crippen molar-refractivity contribution >= 4 is 17.4 Å². The van der Waals surface area contributed by atoms with Crippen LogP contribution in [0.4, 0.5) is 0 Å². The van der Waals surface area contributed by atoms with Crippen LogP contribution in [-0.4, -0.2) is 23.4 Å². The number of rotatable bonds is 2. The molecule has 68 valence electrons. The minimum absolute atomic E-state index is 0.00167. The van der Waals surface area contributed by atoms with E-state index in [4.69, 9.17) is 5.73 Å². The highest BCUT2D eigenvalue weighted by Gasteiger charge is 1.91. The average Bonchev–Trinajstić information content (AvgIpc) is 2.64. The molecule has 0 atom stereocenters. The van der Waals surface area contributed by atoms with E-state index in [1.807, 2.05) is 5.38 Å². The van der Waals surface area contributed by atoms with Crippen LogP contribution in [-0.2, 0) is 4.79 Å². The van der Waals surface area contributed by atoms with Gasteiger partial charge in [-0.15, -0.1) is 0 Å². The van der Waals surface area contributed by atoms with E-state index in [1.54, 1.807) is 6.20 Å². The van der Waals surface area contributed by atoms with Crippen molar-refractivity contribution in [2.24, 2.45) is 5.73 Å². The van der Waals surface area contributed by atoms with Gasteiger partial charge in [0.2, 0.25) is 5.91 Å². The van der Waals surface area contributed by atoms with E-state index in [-0.39, 0.29) is 12.5 Å². The molecule has 0 unspecified atom stereocenters. The Morgan fingerprint density at radius 2 is 2.62 bits per heavy atom. The summed E-state index contributed by atoms with van der Waals surface area (Å²) in [6, 6.07) is 0. The highest BCUT2D eigenvalue weighted by Crippen LogP contribution is 1.97. The van der Waals surface area contributed by atoms with Gasteiger partial charge in [0.1, 0.15) is 0 Å². The number of amides is 1. The fourth-order valence-corrected chi connectivity index (χ4v) is 1.10. The number of nitrogens with one attached hydrogen (secondary N) is 1. The number of aromatic nitrogens is 1. The maximum Gasteiger partial charge on any atom is 0.234 e. The van der Waals surface area contributed by atoms with E-state index in [2.05, 4.69) is 21.5 Å². The first-order chi connectivity index (χ1) is 6.33. The molecule has 0 radical (unpaired) electrons. The van der Waals surface area contributed by atoms with Crippen LogP contribution in [0, 0.1) is 11.8 Å². The first-order valence-electron chi connectivity index (χ1n) is 3.68. The summed E-state index contributed by atoms with van der Waals surface area (Å²) < 4.78 is 3.88. The van der Waals surface area contributed by atoms with Gasteiger partial charge in [-0.1, -0.05) is 11.8 Å². The molecular weight excluding hydrogens is 186 g/mol. The van der Waals surface area contributed by atoms with Gasteiger partial charge in [0.05, 0.1) is 24.8 Å². The quantitative estimate of drug-likeness (QED) is 0.629. The van der Waals surface area contributed by atoms with Crippen LogP contribution in [0.15, 0.2) is 11.6 Å². The van der Waals surface area contributed by atoms with Crippen LogP contribution in [0.2, 0.25) is 0 Å². The topological polar surface area (TPSA) is 68.0 Å². The van der Waals surface area contributed by atoms with Crippen molar-refractivity contribution in [3.05, 3.63) is 17.1 Å². The maximum atomic E-state index is 10.7. The average molecular weight is 195 g/mol. The third kappa shape index (κ3) is 3.69. The second-order valence-electron chi connectivity index (χ2n) is 2.20. The largest absolute Gasteiger partial charge is 0.344 e. The van der Waals surface area contributed by atoms with Crippen LogP contribution < -0.4 is 11.1 Å². The van der Waals surface area contributed by atoms with Gasteiger partial charge in [-0.2, -0.15) is 4.37 Å². The second-order valence-corrected chi connectivity index (χ2v) is 2.85. The van der Waals surface area contributed by atoms with Crippen molar-refractivity contribution in [2.75, 3.05) is 13.1 Å². The monoisotopic (exact) mass is 195 g/mol. The van der Waals surface area contributed by atoms with Crippen LogP contribution in [0.5, 0.6) is 0 Å². The lowest BCUT2D eigenvalue weighted by Gasteiger charge is -1.94. The molecule has 1 amide bonds. The van der Waals surface area contributed by atoms with Gasteiger partial charge in [-0.25, -0.2) is 0 Å².